The summed E-state index contributed by atoms with van der Waals surface area (Å²) in [6.45, 7) is 1.27. The van der Waals surface area contributed by atoms with Crippen molar-refractivity contribution in [2.24, 2.45) is 0 Å². The van der Waals surface area contributed by atoms with Crippen molar-refractivity contribution in [3.63, 3.8) is 0 Å². The van der Waals surface area contributed by atoms with Crippen molar-refractivity contribution >= 4 is 11.5 Å². The maximum absolute atomic E-state index is 11.3. The summed E-state index contributed by atoms with van der Waals surface area (Å²) in [4.78, 5) is 21.2. The molecule has 0 bridgehead atoms. The molecule has 0 aliphatic rings. The quantitative estimate of drug-likeness (QED) is 0.438. The molecule has 0 saturated heterocycles. The second-order valence-electron chi connectivity index (χ2n) is 3.00. The number of hydrogen-bond acceptors (Lipinski definition) is 5. The van der Waals surface area contributed by atoms with Crippen LogP contribution in [0.5, 0.6) is 5.75 Å². The van der Waals surface area contributed by atoms with Gasteiger partial charge in [-0.3, -0.25) is 14.9 Å². The summed E-state index contributed by atoms with van der Waals surface area (Å²) in [7, 11) is 1.28. The van der Waals surface area contributed by atoms with Gasteiger partial charge in [-0.15, -0.1) is 0 Å². The Bertz CT molecular complexity index is 502. The summed E-state index contributed by atoms with van der Waals surface area (Å²) >= 11 is 0. The zero-order valence-corrected chi connectivity index (χ0v) is 8.68. The van der Waals surface area contributed by atoms with Crippen molar-refractivity contribution in [1.29, 1.82) is 5.26 Å². The molecule has 16 heavy (non-hydrogen) atoms. The molecule has 0 atom stereocenters. The largest absolute Gasteiger partial charge is 0.496 e. The lowest BCUT2D eigenvalue weighted by Crippen LogP contribution is -2.03. The molecule has 0 N–H and O–H groups in total. The van der Waals surface area contributed by atoms with E-state index in [0.29, 0.717) is 0 Å². The average molecular weight is 220 g/mol. The molecule has 0 spiro atoms. The van der Waals surface area contributed by atoms with Crippen LogP contribution >= 0.6 is 0 Å². The fourth-order valence-electron chi connectivity index (χ4n) is 1.32. The minimum atomic E-state index is -0.646. The van der Waals surface area contributed by atoms with Gasteiger partial charge in [0.05, 0.1) is 29.2 Å². The number of carbonyl (C=O) groups is 1. The second-order valence-corrected chi connectivity index (χ2v) is 3.00. The molecule has 0 aliphatic carbocycles. The number of hydrogen-bond donors (Lipinski definition) is 0. The maximum Gasteiger partial charge on any atom is 0.274 e. The molecule has 1 aromatic rings. The van der Waals surface area contributed by atoms with Gasteiger partial charge in [-0.2, -0.15) is 5.26 Å². The summed E-state index contributed by atoms with van der Waals surface area (Å²) < 4.78 is 4.86. The number of nitriles is 1. The van der Waals surface area contributed by atoms with Gasteiger partial charge in [-0.05, 0) is 6.92 Å². The van der Waals surface area contributed by atoms with Crippen LogP contribution in [0.15, 0.2) is 12.1 Å². The fourth-order valence-corrected chi connectivity index (χ4v) is 1.32. The van der Waals surface area contributed by atoms with Crippen molar-refractivity contribution in [3.05, 3.63) is 33.4 Å². The molecular formula is C10H8N2O4. The minimum absolute atomic E-state index is 0.0400. The van der Waals surface area contributed by atoms with Gasteiger partial charge >= 0.3 is 0 Å². The zero-order valence-electron chi connectivity index (χ0n) is 8.68. The third kappa shape index (κ3) is 1.98. The van der Waals surface area contributed by atoms with Crippen LogP contribution in [0.25, 0.3) is 0 Å². The minimum Gasteiger partial charge on any atom is -0.496 e. The van der Waals surface area contributed by atoms with E-state index in [2.05, 4.69) is 0 Å². The Morgan fingerprint density at radius 3 is 2.56 bits per heavy atom. The smallest absolute Gasteiger partial charge is 0.274 e. The SMILES string of the molecule is COc1cc([N+](=O)[O-])cc(C#N)c1C(C)=O. The standard InChI is InChI=1S/C10H8N2O4/c1-6(13)10-7(5-11)3-8(12(14)15)4-9(10)16-2/h3-4H,1-2H3. The molecule has 0 aromatic heterocycles. The van der Waals surface area contributed by atoms with Gasteiger partial charge in [-0.1, -0.05) is 0 Å². The van der Waals surface area contributed by atoms with Crippen LogP contribution in [0, 0.1) is 21.4 Å². The molecule has 0 saturated carbocycles. The molecule has 1 rings (SSSR count). The number of methoxy groups -OCH3 is 1. The van der Waals surface area contributed by atoms with Crippen molar-refractivity contribution < 1.29 is 14.5 Å². The zero-order chi connectivity index (χ0) is 12.3. The Morgan fingerprint density at radius 1 is 1.56 bits per heavy atom. The van der Waals surface area contributed by atoms with Crippen LogP contribution in [-0.4, -0.2) is 17.8 Å². The lowest BCUT2D eigenvalue weighted by atomic mass is 10.0. The van der Waals surface area contributed by atoms with E-state index in [4.69, 9.17) is 10.00 Å². The van der Waals surface area contributed by atoms with E-state index >= 15 is 0 Å². The number of nitrogens with zero attached hydrogens (tertiary/aromatic N) is 2. The topological polar surface area (TPSA) is 93.2 Å². The first-order valence-electron chi connectivity index (χ1n) is 4.28. The average Bonchev–Trinajstić information content (AvgIpc) is 2.26. The number of Topliss-reactive ketones (excluding diaryl/α,β-unsaturated/α-hetero) is 1. The van der Waals surface area contributed by atoms with E-state index in [0.717, 1.165) is 12.1 Å². The number of nitro groups is 1. The van der Waals surface area contributed by atoms with Gasteiger partial charge in [0.2, 0.25) is 0 Å². The molecule has 0 radical (unpaired) electrons. The Balaban J connectivity index is 3.57. The Hall–Kier alpha value is -2.42. The van der Waals surface area contributed by atoms with Crippen LogP contribution in [0.2, 0.25) is 0 Å². The normalized spacial score (nSPS) is 9.31. The molecule has 0 unspecified atom stereocenters. The van der Waals surface area contributed by atoms with Crippen LogP contribution < -0.4 is 4.74 Å². The van der Waals surface area contributed by atoms with Crippen molar-refractivity contribution in [1.82, 2.24) is 0 Å². The predicted octanol–water partition coefficient (Wildman–Crippen LogP) is 1.68. The number of non-ortho nitro benzene ring substituents is 1. The molecule has 0 fully saturated rings. The highest BCUT2D eigenvalue weighted by Crippen LogP contribution is 2.28. The van der Waals surface area contributed by atoms with Crippen LogP contribution in [0.4, 0.5) is 5.69 Å². The maximum atomic E-state index is 11.3. The molecule has 6 nitrogen and oxygen atoms in total. The first kappa shape index (κ1) is 11.7. The van der Waals surface area contributed by atoms with E-state index in [1.807, 2.05) is 0 Å². The Labute approximate surface area is 91.2 Å². The third-order valence-corrected chi connectivity index (χ3v) is 1.99. The Morgan fingerprint density at radius 2 is 2.19 bits per heavy atom. The summed E-state index contributed by atoms with van der Waals surface area (Å²) in [5.41, 5.74) is -0.271. The highest BCUT2D eigenvalue weighted by Gasteiger charge is 2.19. The number of benzene rings is 1. The van der Waals surface area contributed by atoms with Gasteiger partial charge in [0.15, 0.2) is 5.78 Å². The van der Waals surface area contributed by atoms with Gasteiger partial charge < -0.3 is 4.74 Å². The van der Waals surface area contributed by atoms with E-state index in [-0.39, 0.29) is 28.3 Å². The lowest BCUT2D eigenvalue weighted by molar-refractivity contribution is -0.384. The monoisotopic (exact) mass is 220 g/mol. The number of ether oxygens (including phenoxy) is 1. The molecule has 6 heteroatoms. The van der Waals surface area contributed by atoms with Gasteiger partial charge in [0, 0.05) is 6.07 Å². The molecule has 1 aromatic carbocycles. The molecule has 0 amide bonds. The molecular weight excluding hydrogens is 212 g/mol. The van der Waals surface area contributed by atoms with E-state index in [1.54, 1.807) is 6.07 Å². The number of nitro benzene ring substituents is 1. The second kappa shape index (κ2) is 4.40. The van der Waals surface area contributed by atoms with E-state index in [1.165, 1.54) is 14.0 Å². The first-order chi connectivity index (χ1) is 7.51. The summed E-state index contributed by atoms with van der Waals surface area (Å²) in [5, 5.41) is 19.4. The number of rotatable bonds is 3. The fraction of sp³-hybridized carbons (Fsp3) is 0.200. The van der Waals surface area contributed by atoms with Gasteiger partial charge in [0.25, 0.3) is 5.69 Å². The summed E-state index contributed by atoms with van der Waals surface area (Å²) in [6.07, 6.45) is 0. The van der Waals surface area contributed by atoms with Crippen molar-refractivity contribution in [3.8, 4) is 11.8 Å². The molecule has 0 aliphatic heterocycles. The van der Waals surface area contributed by atoms with Crippen LogP contribution in [-0.2, 0) is 0 Å². The van der Waals surface area contributed by atoms with Gasteiger partial charge in [-0.25, -0.2) is 0 Å². The third-order valence-electron chi connectivity index (χ3n) is 1.99. The van der Waals surface area contributed by atoms with Crippen molar-refractivity contribution in [2.45, 2.75) is 6.92 Å². The summed E-state index contributed by atoms with van der Waals surface area (Å²) in [6, 6.07) is 3.92. The molecule has 0 heterocycles. The van der Waals surface area contributed by atoms with E-state index < -0.39 is 4.92 Å². The highest BCUT2D eigenvalue weighted by molar-refractivity contribution is 5.99. The predicted molar refractivity (Wildman–Crippen MR) is 54.4 cm³/mol. The van der Waals surface area contributed by atoms with Gasteiger partial charge in [0.1, 0.15) is 11.8 Å². The lowest BCUT2D eigenvalue weighted by Gasteiger charge is -2.06. The van der Waals surface area contributed by atoms with Crippen molar-refractivity contribution in [2.75, 3.05) is 7.11 Å². The first-order valence-corrected chi connectivity index (χ1v) is 4.28. The number of carbonyl (C=O) groups excluding carboxylic acids is 1. The highest BCUT2D eigenvalue weighted by atomic mass is 16.6. The molecule has 82 valence electrons. The van der Waals surface area contributed by atoms with E-state index in [9.17, 15) is 14.9 Å². The van der Waals surface area contributed by atoms with Crippen LogP contribution in [0.1, 0.15) is 22.8 Å². The number of ketones is 1. The summed E-state index contributed by atoms with van der Waals surface area (Å²) in [5.74, 6) is -0.332. The Kier molecular flexibility index (Phi) is 3.20. The van der Waals surface area contributed by atoms with Crippen LogP contribution in [0.3, 0.4) is 0 Å².